The lowest BCUT2D eigenvalue weighted by Crippen LogP contribution is -2.26. The minimum Gasteiger partial charge on any atom is -0.496 e. The van der Waals surface area contributed by atoms with Gasteiger partial charge in [-0.1, -0.05) is 6.07 Å². The fourth-order valence-electron chi connectivity index (χ4n) is 2.37. The van der Waals surface area contributed by atoms with Gasteiger partial charge in [-0.25, -0.2) is 0 Å². The molecule has 1 unspecified atom stereocenters. The molecule has 1 atom stereocenters. The van der Waals surface area contributed by atoms with Crippen LogP contribution in [0.5, 0.6) is 11.5 Å². The van der Waals surface area contributed by atoms with Crippen LogP contribution in [0, 0.1) is 5.41 Å². The maximum atomic E-state index is 11.2. The lowest BCUT2D eigenvalue weighted by Gasteiger charge is -2.23. The van der Waals surface area contributed by atoms with E-state index in [0.717, 1.165) is 17.1 Å². The van der Waals surface area contributed by atoms with Gasteiger partial charge in [-0.15, -0.1) is 0 Å². The molecule has 0 amide bonds. The molecule has 4 nitrogen and oxygen atoms in total. The van der Waals surface area contributed by atoms with Crippen LogP contribution in [0.1, 0.15) is 31.7 Å². The molecule has 0 fully saturated rings. The quantitative estimate of drug-likeness (QED) is 0.892. The third-order valence-corrected chi connectivity index (χ3v) is 3.43. The number of carboxylic acid groups (broad SMARTS) is 1. The molecule has 1 aliphatic rings. The fourth-order valence-corrected chi connectivity index (χ4v) is 2.37. The van der Waals surface area contributed by atoms with E-state index < -0.39 is 11.4 Å². The molecule has 0 bridgehead atoms. The normalized spacial score (nSPS) is 18.1. The molecule has 1 aliphatic heterocycles. The van der Waals surface area contributed by atoms with Crippen LogP contribution in [0.3, 0.4) is 0 Å². The molecule has 1 N–H and O–H groups in total. The van der Waals surface area contributed by atoms with Crippen molar-refractivity contribution < 1.29 is 19.4 Å². The van der Waals surface area contributed by atoms with E-state index in [0.29, 0.717) is 13.0 Å². The van der Waals surface area contributed by atoms with Crippen LogP contribution in [0.4, 0.5) is 0 Å². The largest absolute Gasteiger partial charge is 0.496 e. The van der Waals surface area contributed by atoms with Crippen LogP contribution in [0.2, 0.25) is 0 Å². The number of methoxy groups -OCH3 is 1. The van der Waals surface area contributed by atoms with Crippen LogP contribution in [-0.4, -0.2) is 24.8 Å². The summed E-state index contributed by atoms with van der Waals surface area (Å²) >= 11 is 0. The standard InChI is InChI=1S/C14H18O4/c1-14(2,13(15)16)7-9-8-18-11-6-4-5-10(17-3)12(9)11/h4-6,9H,7-8H2,1-3H3,(H,15,16). The summed E-state index contributed by atoms with van der Waals surface area (Å²) in [5.74, 6) is 0.866. The molecule has 4 heteroatoms. The van der Waals surface area contributed by atoms with Crippen molar-refractivity contribution in [2.24, 2.45) is 5.41 Å². The molecule has 0 saturated heterocycles. The first-order chi connectivity index (χ1) is 8.45. The monoisotopic (exact) mass is 250 g/mol. The number of aliphatic carboxylic acids is 1. The van der Waals surface area contributed by atoms with Gasteiger partial charge in [0.05, 0.1) is 19.1 Å². The van der Waals surface area contributed by atoms with Crippen LogP contribution in [-0.2, 0) is 4.79 Å². The highest BCUT2D eigenvalue weighted by atomic mass is 16.5. The molecule has 98 valence electrons. The summed E-state index contributed by atoms with van der Waals surface area (Å²) < 4.78 is 10.9. The van der Waals surface area contributed by atoms with Gasteiger partial charge in [-0.05, 0) is 32.4 Å². The van der Waals surface area contributed by atoms with Gasteiger partial charge in [0, 0.05) is 11.5 Å². The highest BCUT2D eigenvalue weighted by Crippen LogP contribution is 2.45. The summed E-state index contributed by atoms with van der Waals surface area (Å²) in [5.41, 5.74) is 0.227. The van der Waals surface area contributed by atoms with E-state index in [2.05, 4.69) is 0 Å². The smallest absolute Gasteiger partial charge is 0.309 e. The summed E-state index contributed by atoms with van der Waals surface area (Å²) in [4.78, 5) is 11.2. The Kier molecular flexibility index (Phi) is 3.20. The van der Waals surface area contributed by atoms with Gasteiger partial charge in [0.15, 0.2) is 0 Å². The number of fused-ring (bicyclic) bond motifs is 1. The molecule has 1 heterocycles. The number of hydrogen-bond acceptors (Lipinski definition) is 3. The topological polar surface area (TPSA) is 55.8 Å². The SMILES string of the molecule is COc1cccc2c1C(CC(C)(C)C(=O)O)CO2. The third-order valence-electron chi connectivity index (χ3n) is 3.43. The van der Waals surface area contributed by atoms with Gasteiger partial charge in [0.25, 0.3) is 0 Å². The Morgan fingerprint density at radius 2 is 2.28 bits per heavy atom. The second-order valence-electron chi connectivity index (χ2n) is 5.27. The average Bonchev–Trinajstić information content (AvgIpc) is 2.71. The minimum absolute atomic E-state index is 0.0715. The van der Waals surface area contributed by atoms with E-state index in [1.165, 1.54) is 0 Å². The van der Waals surface area contributed by atoms with E-state index in [4.69, 9.17) is 9.47 Å². The highest BCUT2D eigenvalue weighted by Gasteiger charge is 2.36. The predicted molar refractivity (Wildman–Crippen MR) is 67.3 cm³/mol. The summed E-state index contributed by atoms with van der Waals surface area (Å²) in [5, 5.41) is 9.20. The molecule has 0 aromatic heterocycles. The van der Waals surface area contributed by atoms with Crippen molar-refractivity contribution >= 4 is 5.97 Å². The zero-order valence-electron chi connectivity index (χ0n) is 10.9. The van der Waals surface area contributed by atoms with E-state index in [1.54, 1.807) is 21.0 Å². The van der Waals surface area contributed by atoms with Gasteiger partial charge in [0.2, 0.25) is 0 Å². The van der Waals surface area contributed by atoms with Crippen molar-refractivity contribution in [1.82, 2.24) is 0 Å². The van der Waals surface area contributed by atoms with Gasteiger partial charge >= 0.3 is 5.97 Å². The molecule has 0 spiro atoms. The first-order valence-corrected chi connectivity index (χ1v) is 5.99. The maximum Gasteiger partial charge on any atom is 0.309 e. The van der Waals surface area contributed by atoms with Gasteiger partial charge in [0.1, 0.15) is 11.5 Å². The summed E-state index contributed by atoms with van der Waals surface area (Å²) in [6.45, 7) is 4.00. The second-order valence-corrected chi connectivity index (χ2v) is 5.27. The van der Waals surface area contributed by atoms with Crippen LogP contribution >= 0.6 is 0 Å². The zero-order chi connectivity index (χ0) is 13.3. The van der Waals surface area contributed by atoms with E-state index >= 15 is 0 Å². The lowest BCUT2D eigenvalue weighted by atomic mass is 9.80. The Hall–Kier alpha value is -1.71. The number of carboxylic acids is 1. The van der Waals surface area contributed by atoms with Crippen molar-refractivity contribution in [3.8, 4) is 11.5 Å². The van der Waals surface area contributed by atoms with Crippen LogP contribution in [0.15, 0.2) is 18.2 Å². The van der Waals surface area contributed by atoms with Crippen LogP contribution < -0.4 is 9.47 Å². The van der Waals surface area contributed by atoms with Crippen molar-refractivity contribution in [3.63, 3.8) is 0 Å². The first-order valence-electron chi connectivity index (χ1n) is 5.99. The number of carbonyl (C=O) groups is 1. The molecule has 18 heavy (non-hydrogen) atoms. The lowest BCUT2D eigenvalue weighted by molar-refractivity contribution is -0.147. The van der Waals surface area contributed by atoms with E-state index in [1.807, 2.05) is 18.2 Å². The molecular weight excluding hydrogens is 232 g/mol. The van der Waals surface area contributed by atoms with Crippen molar-refractivity contribution in [2.75, 3.05) is 13.7 Å². The summed E-state index contributed by atoms with van der Waals surface area (Å²) in [6, 6.07) is 5.66. The minimum atomic E-state index is -0.786. The Morgan fingerprint density at radius 3 is 2.89 bits per heavy atom. The first kappa shape index (κ1) is 12.7. The van der Waals surface area contributed by atoms with Crippen molar-refractivity contribution in [1.29, 1.82) is 0 Å². The van der Waals surface area contributed by atoms with Crippen molar-refractivity contribution in [2.45, 2.75) is 26.2 Å². The molecule has 0 saturated carbocycles. The van der Waals surface area contributed by atoms with Gasteiger partial charge in [-0.2, -0.15) is 0 Å². The number of benzene rings is 1. The zero-order valence-corrected chi connectivity index (χ0v) is 10.9. The Morgan fingerprint density at radius 1 is 1.56 bits per heavy atom. The third kappa shape index (κ3) is 2.15. The molecule has 0 aliphatic carbocycles. The number of rotatable bonds is 4. The van der Waals surface area contributed by atoms with Crippen molar-refractivity contribution in [3.05, 3.63) is 23.8 Å². The molecular formula is C14H18O4. The van der Waals surface area contributed by atoms with Gasteiger partial charge in [-0.3, -0.25) is 4.79 Å². The van der Waals surface area contributed by atoms with Gasteiger partial charge < -0.3 is 14.6 Å². The average molecular weight is 250 g/mol. The second kappa shape index (κ2) is 4.52. The molecule has 1 aromatic rings. The summed E-state index contributed by atoms with van der Waals surface area (Å²) in [7, 11) is 1.62. The fraction of sp³-hybridized carbons (Fsp3) is 0.500. The highest BCUT2D eigenvalue weighted by molar-refractivity contribution is 5.73. The molecule has 0 radical (unpaired) electrons. The Bertz CT molecular complexity index is 465. The predicted octanol–water partition coefficient (Wildman–Crippen LogP) is 2.67. The molecule has 1 aromatic carbocycles. The Balaban J connectivity index is 2.29. The summed E-state index contributed by atoms with van der Waals surface area (Å²) in [6.07, 6.45) is 0.537. The number of hydrogen-bond donors (Lipinski definition) is 1. The van der Waals surface area contributed by atoms with Crippen LogP contribution in [0.25, 0.3) is 0 Å². The van der Waals surface area contributed by atoms with E-state index in [-0.39, 0.29) is 5.92 Å². The van der Waals surface area contributed by atoms with E-state index in [9.17, 15) is 9.90 Å². The molecule has 2 rings (SSSR count). The Labute approximate surface area is 107 Å². The number of ether oxygens (including phenoxy) is 2. The maximum absolute atomic E-state index is 11.2.